The summed E-state index contributed by atoms with van der Waals surface area (Å²) in [7, 11) is 0. The number of carbonyl (C=O) groups is 1. The van der Waals surface area contributed by atoms with Gasteiger partial charge < -0.3 is 4.74 Å². The smallest absolute Gasteiger partial charge is 0.341 e. The minimum Gasteiger partial charge on any atom is -0.457 e. The molecule has 3 rings (SSSR count). The SMILES string of the molecule is O=C(OCc1c(F)cccc1Cl)c1cnn(Cc2ccccc2)c1. The van der Waals surface area contributed by atoms with E-state index < -0.39 is 11.8 Å². The lowest BCUT2D eigenvalue weighted by molar-refractivity contribution is 0.0469. The second-order valence-electron chi connectivity index (χ2n) is 5.19. The van der Waals surface area contributed by atoms with E-state index in [1.165, 1.54) is 18.3 Å². The molecule has 3 aromatic rings. The van der Waals surface area contributed by atoms with Gasteiger partial charge in [0, 0.05) is 11.8 Å². The molecule has 24 heavy (non-hydrogen) atoms. The number of nitrogens with zero attached hydrogens (tertiary/aromatic N) is 2. The van der Waals surface area contributed by atoms with Gasteiger partial charge in [-0.1, -0.05) is 48.0 Å². The zero-order valence-electron chi connectivity index (χ0n) is 12.7. The molecule has 6 heteroatoms. The molecule has 0 saturated heterocycles. The van der Waals surface area contributed by atoms with Crippen LogP contribution in [-0.2, 0) is 17.9 Å². The molecule has 4 nitrogen and oxygen atoms in total. The fourth-order valence-electron chi connectivity index (χ4n) is 2.22. The molecule has 0 saturated carbocycles. The highest BCUT2D eigenvalue weighted by Crippen LogP contribution is 2.20. The molecule has 122 valence electrons. The normalized spacial score (nSPS) is 10.6. The molecule has 0 spiro atoms. The summed E-state index contributed by atoms with van der Waals surface area (Å²) in [6.45, 7) is 0.321. The summed E-state index contributed by atoms with van der Waals surface area (Å²) in [5.41, 5.74) is 1.53. The van der Waals surface area contributed by atoms with Crippen LogP contribution in [-0.4, -0.2) is 15.7 Å². The topological polar surface area (TPSA) is 44.1 Å². The minimum atomic E-state index is -0.575. The van der Waals surface area contributed by atoms with Gasteiger partial charge in [-0.25, -0.2) is 9.18 Å². The lowest BCUT2D eigenvalue weighted by Gasteiger charge is -2.06. The zero-order valence-corrected chi connectivity index (χ0v) is 13.4. The van der Waals surface area contributed by atoms with Gasteiger partial charge in [-0.3, -0.25) is 4.68 Å². The van der Waals surface area contributed by atoms with E-state index in [4.69, 9.17) is 16.3 Å². The van der Waals surface area contributed by atoms with Crippen molar-refractivity contribution in [1.82, 2.24) is 9.78 Å². The minimum absolute atomic E-state index is 0.157. The average Bonchev–Trinajstić information content (AvgIpc) is 3.04. The van der Waals surface area contributed by atoms with E-state index in [1.54, 1.807) is 16.9 Å². The molecule has 0 unspecified atom stereocenters. The van der Waals surface area contributed by atoms with E-state index in [1.807, 2.05) is 30.3 Å². The van der Waals surface area contributed by atoms with Crippen LogP contribution in [0, 0.1) is 5.82 Å². The van der Waals surface area contributed by atoms with Crippen molar-refractivity contribution in [1.29, 1.82) is 0 Å². The predicted octanol–water partition coefficient (Wildman–Crippen LogP) is 4.08. The second-order valence-corrected chi connectivity index (χ2v) is 5.60. The van der Waals surface area contributed by atoms with Crippen molar-refractivity contribution in [3.8, 4) is 0 Å². The standard InChI is InChI=1S/C18H14ClFN2O2/c19-16-7-4-8-17(20)15(16)12-24-18(23)14-9-21-22(11-14)10-13-5-2-1-3-6-13/h1-9,11H,10,12H2. The summed E-state index contributed by atoms with van der Waals surface area (Å²) in [5.74, 6) is -1.08. The third-order valence-corrected chi connectivity index (χ3v) is 3.82. The Morgan fingerprint density at radius 2 is 1.96 bits per heavy atom. The third kappa shape index (κ3) is 3.81. The number of hydrogen-bond acceptors (Lipinski definition) is 3. The van der Waals surface area contributed by atoms with Crippen LogP contribution < -0.4 is 0 Å². The van der Waals surface area contributed by atoms with Crippen LogP contribution >= 0.6 is 11.6 Å². The molecule has 0 aliphatic heterocycles. The van der Waals surface area contributed by atoms with Crippen molar-refractivity contribution < 1.29 is 13.9 Å². The van der Waals surface area contributed by atoms with Gasteiger partial charge in [-0.15, -0.1) is 0 Å². The Kier molecular flexibility index (Phi) is 4.91. The van der Waals surface area contributed by atoms with E-state index in [-0.39, 0.29) is 17.2 Å². The number of esters is 1. The van der Waals surface area contributed by atoms with E-state index in [9.17, 15) is 9.18 Å². The largest absolute Gasteiger partial charge is 0.457 e. The lowest BCUT2D eigenvalue weighted by Crippen LogP contribution is -2.06. The number of ether oxygens (including phenoxy) is 1. The summed E-state index contributed by atoms with van der Waals surface area (Å²) in [6, 6.07) is 14.1. The van der Waals surface area contributed by atoms with Gasteiger partial charge in [0.05, 0.1) is 23.3 Å². The zero-order chi connectivity index (χ0) is 16.9. The average molecular weight is 345 g/mol. The highest BCUT2D eigenvalue weighted by atomic mass is 35.5. The molecule has 0 bridgehead atoms. The van der Waals surface area contributed by atoms with Gasteiger partial charge >= 0.3 is 5.97 Å². The Morgan fingerprint density at radius 1 is 1.17 bits per heavy atom. The van der Waals surface area contributed by atoms with Crippen LogP contribution in [0.25, 0.3) is 0 Å². The van der Waals surface area contributed by atoms with Gasteiger partial charge in [0.25, 0.3) is 0 Å². The predicted molar refractivity (Wildman–Crippen MR) is 88.3 cm³/mol. The van der Waals surface area contributed by atoms with Crippen molar-refractivity contribution in [2.24, 2.45) is 0 Å². The lowest BCUT2D eigenvalue weighted by atomic mass is 10.2. The maximum Gasteiger partial charge on any atom is 0.341 e. The third-order valence-electron chi connectivity index (χ3n) is 3.47. The molecule has 0 radical (unpaired) electrons. The van der Waals surface area contributed by atoms with Crippen molar-refractivity contribution in [2.75, 3.05) is 0 Å². The molecule has 0 fully saturated rings. The van der Waals surface area contributed by atoms with Gasteiger partial charge in [-0.2, -0.15) is 5.10 Å². The number of aromatic nitrogens is 2. The quantitative estimate of drug-likeness (QED) is 0.655. The Balaban J connectivity index is 1.64. The van der Waals surface area contributed by atoms with Crippen LogP contribution in [0.1, 0.15) is 21.5 Å². The van der Waals surface area contributed by atoms with Crippen LogP contribution in [0.3, 0.4) is 0 Å². The Bertz CT molecular complexity index is 829. The monoisotopic (exact) mass is 344 g/mol. The molecule has 0 aliphatic carbocycles. The number of halogens is 2. The van der Waals surface area contributed by atoms with Crippen molar-refractivity contribution in [2.45, 2.75) is 13.2 Å². The van der Waals surface area contributed by atoms with Crippen LogP contribution in [0.4, 0.5) is 4.39 Å². The molecule has 0 atom stereocenters. The van der Waals surface area contributed by atoms with Crippen molar-refractivity contribution >= 4 is 17.6 Å². The van der Waals surface area contributed by atoms with Gasteiger partial charge in [0.2, 0.25) is 0 Å². The maximum absolute atomic E-state index is 13.7. The Morgan fingerprint density at radius 3 is 2.71 bits per heavy atom. The van der Waals surface area contributed by atoms with E-state index in [2.05, 4.69) is 5.10 Å². The van der Waals surface area contributed by atoms with Crippen molar-refractivity contribution in [3.05, 3.63) is 88.5 Å². The summed E-state index contributed by atoms with van der Waals surface area (Å²) in [4.78, 5) is 12.1. The fourth-order valence-corrected chi connectivity index (χ4v) is 2.43. The molecular weight excluding hydrogens is 331 g/mol. The van der Waals surface area contributed by atoms with E-state index in [0.717, 1.165) is 5.56 Å². The first-order valence-corrected chi connectivity index (χ1v) is 7.67. The van der Waals surface area contributed by atoms with Crippen molar-refractivity contribution in [3.63, 3.8) is 0 Å². The van der Waals surface area contributed by atoms with Crippen LogP contribution in [0.5, 0.6) is 0 Å². The maximum atomic E-state index is 13.7. The highest BCUT2D eigenvalue weighted by molar-refractivity contribution is 6.31. The first-order chi connectivity index (χ1) is 11.6. The fraction of sp³-hybridized carbons (Fsp3) is 0.111. The second kappa shape index (κ2) is 7.27. The molecule has 0 aliphatic rings. The van der Waals surface area contributed by atoms with Gasteiger partial charge in [-0.05, 0) is 17.7 Å². The van der Waals surface area contributed by atoms with E-state index >= 15 is 0 Å². The highest BCUT2D eigenvalue weighted by Gasteiger charge is 2.13. The first kappa shape index (κ1) is 16.2. The number of benzene rings is 2. The molecule has 0 N–H and O–H groups in total. The molecular formula is C18H14ClFN2O2. The van der Waals surface area contributed by atoms with E-state index in [0.29, 0.717) is 12.1 Å². The summed E-state index contributed by atoms with van der Waals surface area (Å²) >= 11 is 5.91. The van der Waals surface area contributed by atoms with Gasteiger partial charge in [0.15, 0.2) is 0 Å². The molecule has 1 aromatic heterocycles. The number of hydrogen-bond donors (Lipinski definition) is 0. The van der Waals surface area contributed by atoms with Gasteiger partial charge in [0.1, 0.15) is 12.4 Å². The first-order valence-electron chi connectivity index (χ1n) is 7.30. The Labute approximate surface area is 143 Å². The van der Waals surface area contributed by atoms with Crippen LogP contribution in [0.15, 0.2) is 60.9 Å². The summed E-state index contributed by atoms with van der Waals surface area (Å²) in [6.07, 6.45) is 3.02. The number of rotatable bonds is 5. The molecule has 1 heterocycles. The Hall–Kier alpha value is -2.66. The summed E-state index contributed by atoms with van der Waals surface area (Å²) in [5, 5.41) is 4.36. The molecule has 0 amide bonds. The van der Waals surface area contributed by atoms with Crippen LogP contribution in [0.2, 0.25) is 5.02 Å². The molecule has 2 aromatic carbocycles. The number of carbonyl (C=O) groups excluding carboxylic acids is 1. The summed E-state index contributed by atoms with van der Waals surface area (Å²) < 4.78 is 20.4.